The predicted molar refractivity (Wildman–Crippen MR) is 59.5 cm³/mol. The number of nitrogens with one attached hydrogen (secondary N) is 1. The van der Waals surface area contributed by atoms with E-state index in [1.807, 2.05) is 13.0 Å². The molecule has 0 aliphatic rings. The monoisotopic (exact) mass is 205 g/mol. The molecule has 0 saturated heterocycles. The van der Waals surface area contributed by atoms with Crippen molar-refractivity contribution in [2.45, 2.75) is 26.7 Å². The molecule has 0 spiro atoms. The van der Waals surface area contributed by atoms with Gasteiger partial charge in [0.1, 0.15) is 11.6 Å². The average Bonchev–Trinajstić information content (AvgIpc) is 2.71. The van der Waals surface area contributed by atoms with E-state index in [4.69, 9.17) is 10.2 Å². The number of hydrogen-bond donors (Lipinski definition) is 2. The first-order chi connectivity index (χ1) is 7.11. The van der Waals surface area contributed by atoms with Crippen molar-refractivity contribution in [3.63, 3.8) is 0 Å². The molecule has 2 heterocycles. The Labute approximate surface area is 88.5 Å². The standard InChI is InChI=1S/C11H15N3O/c1-6(2)9-10(13-14-11(9)12)8-4-5-15-7(8)3/h4-6H,1-3H3,(H3,12,13,14). The van der Waals surface area contributed by atoms with Gasteiger partial charge in [-0.3, -0.25) is 5.10 Å². The lowest BCUT2D eigenvalue weighted by Gasteiger charge is -2.06. The van der Waals surface area contributed by atoms with E-state index in [2.05, 4.69) is 24.0 Å². The molecule has 0 aromatic carbocycles. The Morgan fingerprint density at radius 2 is 2.20 bits per heavy atom. The molecule has 0 radical (unpaired) electrons. The van der Waals surface area contributed by atoms with Gasteiger partial charge in [-0.2, -0.15) is 5.10 Å². The van der Waals surface area contributed by atoms with E-state index in [1.165, 1.54) is 0 Å². The predicted octanol–water partition coefficient (Wildman–Crippen LogP) is 2.68. The molecular formula is C11H15N3O. The summed E-state index contributed by atoms with van der Waals surface area (Å²) in [6.45, 7) is 6.12. The van der Waals surface area contributed by atoms with Gasteiger partial charge in [0.05, 0.1) is 12.0 Å². The zero-order valence-electron chi connectivity index (χ0n) is 9.16. The van der Waals surface area contributed by atoms with Gasteiger partial charge in [-0.15, -0.1) is 0 Å². The number of aryl methyl sites for hydroxylation is 1. The van der Waals surface area contributed by atoms with Gasteiger partial charge in [0.15, 0.2) is 0 Å². The van der Waals surface area contributed by atoms with Gasteiger partial charge in [0, 0.05) is 11.1 Å². The second-order valence-corrected chi connectivity index (χ2v) is 3.94. The summed E-state index contributed by atoms with van der Waals surface area (Å²) in [6.07, 6.45) is 1.67. The van der Waals surface area contributed by atoms with Gasteiger partial charge in [0.25, 0.3) is 0 Å². The number of aromatic amines is 1. The Kier molecular flexibility index (Phi) is 2.26. The summed E-state index contributed by atoms with van der Waals surface area (Å²) in [6, 6.07) is 1.92. The number of rotatable bonds is 2. The van der Waals surface area contributed by atoms with Crippen LogP contribution in [-0.2, 0) is 0 Å². The Hall–Kier alpha value is -1.71. The van der Waals surface area contributed by atoms with Crippen LogP contribution >= 0.6 is 0 Å². The van der Waals surface area contributed by atoms with Crippen molar-refractivity contribution in [1.82, 2.24) is 10.2 Å². The average molecular weight is 205 g/mol. The minimum Gasteiger partial charge on any atom is -0.469 e. The summed E-state index contributed by atoms with van der Waals surface area (Å²) in [5.74, 6) is 1.79. The van der Waals surface area contributed by atoms with Crippen molar-refractivity contribution in [2.24, 2.45) is 0 Å². The molecule has 2 rings (SSSR count). The smallest absolute Gasteiger partial charge is 0.149 e. The maximum absolute atomic E-state index is 5.83. The number of aromatic nitrogens is 2. The molecule has 0 fully saturated rings. The highest BCUT2D eigenvalue weighted by Crippen LogP contribution is 2.33. The third-order valence-electron chi connectivity index (χ3n) is 2.54. The summed E-state index contributed by atoms with van der Waals surface area (Å²) < 4.78 is 5.27. The topological polar surface area (TPSA) is 67.8 Å². The van der Waals surface area contributed by atoms with Crippen LogP contribution in [0.2, 0.25) is 0 Å². The second kappa shape index (κ2) is 3.46. The van der Waals surface area contributed by atoms with E-state index in [0.29, 0.717) is 11.7 Å². The molecule has 0 atom stereocenters. The van der Waals surface area contributed by atoms with Crippen molar-refractivity contribution >= 4 is 5.82 Å². The van der Waals surface area contributed by atoms with Crippen molar-refractivity contribution in [2.75, 3.05) is 5.73 Å². The number of nitrogens with two attached hydrogens (primary N) is 1. The summed E-state index contributed by atoms with van der Waals surface area (Å²) in [7, 11) is 0. The van der Waals surface area contributed by atoms with Gasteiger partial charge >= 0.3 is 0 Å². The number of nitrogen functional groups attached to an aromatic ring is 1. The van der Waals surface area contributed by atoms with Crippen LogP contribution in [0.4, 0.5) is 5.82 Å². The molecule has 2 aromatic heterocycles. The fraction of sp³-hybridized carbons (Fsp3) is 0.364. The van der Waals surface area contributed by atoms with Crippen LogP contribution in [0, 0.1) is 6.92 Å². The van der Waals surface area contributed by atoms with Gasteiger partial charge in [-0.1, -0.05) is 13.8 Å². The lowest BCUT2D eigenvalue weighted by molar-refractivity contribution is 0.535. The minimum absolute atomic E-state index is 0.341. The zero-order chi connectivity index (χ0) is 11.0. The quantitative estimate of drug-likeness (QED) is 0.792. The highest BCUT2D eigenvalue weighted by molar-refractivity contribution is 5.70. The fourth-order valence-corrected chi connectivity index (χ4v) is 1.80. The maximum Gasteiger partial charge on any atom is 0.149 e. The largest absolute Gasteiger partial charge is 0.469 e. The molecule has 0 amide bonds. The molecule has 0 unspecified atom stereocenters. The van der Waals surface area contributed by atoms with E-state index in [1.54, 1.807) is 6.26 Å². The van der Waals surface area contributed by atoms with Crippen LogP contribution in [0.5, 0.6) is 0 Å². The van der Waals surface area contributed by atoms with Gasteiger partial charge in [-0.05, 0) is 18.9 Å². The number of hydrogen-bond acceptors (Lipinski definition) is 3. The van der Waals surface area contributed by atoms with Crippen molar-refractivity contribution in [3.8, 4) is 11.3 Å². The summed E-state index contributed by atoms with van der Waals surface area (Å²) in [4.78, 5) is 0. The number of H-pyrrole nitrogens is 1. The molecule has 2 aromatic rings. The van der Waals surface area contributed by atoms with Crippen LogP contribution in [-0.4, -0.2) is 10.2 Å². The lowest BCUT2D eigenvalue weighted by atomic mass is 9.99. The third-order valence-corrected chi connectivity index (χ3v) is 2.54. The van der Waals surface area contributed by atoms with E-state index in [0.717, 1.165) is 22.6 Å². The summed E-state index contributed by atoms with van der Waals surface area (Å²) in [5.41, 5.74) is 8.88. The molecule has 15 heavy (non-hydrogen) atoms. The summed E-state index contributed by atoms with van der Waals surface area (Å²) >= 11 is 0. The van der Waals surface area contributed by atoms with Gasteiger partial charge < -0.3 is 10.2 Å². The molecule has 0 aliphatic carbocycles. The fourth-order valence-electron chi connectivity index (χ4n) is 1.80. The van der Waals surface area contributed by atoms with E-state index >= 15 is 0 Å². The van der Waals surface area contributed by atoms with Crippen LogP contribution < -0.4 is 5.73 Å². The van der Waals surface area contributed by atoms with Crippen molar-refractivity contribution in [1.29, 1.82) is 0 Å². The molecule has 3 N–H and O–H groups in total. The highest BCUT2D eigenvalue weighted by Gasteiger charge is 2.17. The molecule has 0 bridgehead atoms. The van der Waals surface area contributed by atoms with E-state index < -0.39 is 0 Å². The molecular weight excluding hydrogens is 190 g/mol. The molecule has 0 saturated carbocycles. The first kappa shape index (κ1) is 9.83. The lowest BCUT2D eigenvalue weighted by Crippen LogP contribution is -1.95. The first-order valence-corrected chi connectivity index (χ1v) is 4.99. The van der Waals surface area contributed by atoms with Crippen molar-refractivity contribution < 1.29 is 4.42 Å². The van der Waals surface area contributed by atoms with E-state index in [-0.39, 0.29) is 0 Å². The number of nitrogens with zero attached hydrogens (tertiary/aromatic N) is 1. The Morgan fingerprint density at radius 1 is 1.47 bits per heavy atom. The van der Waals surface area contributed by atoms with Crippen LogP contribution in [0.15, 0.2) is 16.7 Å². The Bertz CT molecular complexity index is 468. The normalized spacial score (nSPS) is 11.2. The van der Waals surface area contributed by atoms with Gasteiger partial charge in [0.2, 0.25) is 0 Å². The maximum atomic E-state index is 5.83. The van der Waals surface area contributed by atoms with Crippen LogP contribution in [0.1, 0.15) is 31.1 Å². The summed E-state index contributed by atoms with van der Waals surface area (Å²) in [5, 5.41) is 7.01. The molecule has 4 heteroatoms. The molecule has 0 aliphatic heterocycles. The third kappa shape index (κ3) is 1.52. The zero-order valence-corrected chi connectivity index (χ0v) is 9.16. The highest BCUT2D eigenvalue weighted by atomic mass is 16.3. The van der Waals surface area contributed by atoms with E-state index in [9.17, 15) is 0 Å². The number of furan rings is 1. The first-order valence-electron chi connectivity index (χ1n) is 4.99. The van der Waals surface area contributed by atoms with Crippen molar-refractivity contribution in [3.05, 3.63) is 23.7 Å². The number of anilines is 1. The molecule has 80 valence electrons. The van der Waals surface area contributed by atoms with Gasteiger partial charge in [-0.25, -0.2) is 0 Å². The SMILES string of the molecule is Cc1occc1-c1[nH]nc(N)c1C(C)C. The van der Waals surface area contributed by atoms with Crippen LogP contribution in [0.3, 0.4) is 0 Å². The second-order valence-electron chi connectivity index (χ2n) is 3.94. The van der Waals surface area contributed by atoms with Crippen LogP contribution in [0.25, 0.3) is 11.3 Å². The minimum atomic E-state index is 0.341. The molecule has 4 nitrogen and oxygen atoms in total. The Balaban J connectivity index is 2.59. The Morgan fingerprint density at radius 3 is 2.73 bits per heavy atom.